The van der Waals surface area contributed by atoms with Crippen LogP contribution in [0.4, 0.5) is 4.39 Å². The van der Waals surface area contributed by atoms with Gasteiger partial charge >= 0.3 is 0 Å². The van der Waals surface area contributed by atoms with Gasteiger partial charge in [0.15, 0.2) is 0 Å². The van der Waals surface area contributed by atoms with Gasteiger partial charge in [-0.1, -0.05) is 25.1 Å². The zero-order chi connectivity index (χ0) is 14.4. The number of nitrogens with one attached hydrogen (secondary N) is 1. The number of aliphatic hydroxyl groups excluding tert-OH is 1. The summed E-state index contributed by atoms with van der Waals surface area (Å²) in [5.74, 6) is -0.334. The van der Waals surface area contributed by atoms with Gasteiger partial charge in [0.2, 0.25) is 0 Å². The van der Waals surface area contributed by atoms with E-state index in [-0.39, 0.29) is 5.82 Å². The predicted molar refractivity (Wildman–Crippen MR) is 76.7 cm³/mol. The molecule has 2 N–H and O–H groups in total. The van der Waals surface area contributed by atoms with Gasteiger partial charge in [-0.15, -0.1) is 0 Å². The van der Waals surface area contributed by atoms with Crippen LogP contribution >= 0.6 is 0 Å². The highest BCUT2D eigenvalue weighted by atomic mass is 19.1. The lowest BCUT2D eigenvalue weighted by Gasteiger charge is -2.13. The van der Waals surface area contributed by atoms with Crippen LogP contribution in [0.1, 0.15) is 29.8 Å². The summed E-state index contributed by atoms with van der Waals surface area (Å²) in [5.41, 5.74) is 2.76. The minimum Gasteiger partial charge on any atom is -0.387 e. The van der Waals surface area contributed by atoms with Gasteiger partial charge in [0.05, 0.1) is 11.8 Å². The maximum Gasteiger partial charge on any atom is 0.123 e. The van der Waals surface area contributed by atoms with E-state index in [4.69, 9.17) is 0 Å². The van der Waals surface area contributed by atoms with E-state index in [1.54, 1.807) is 18.3 Å². The maximum atomic E-state index is 13.1. The van der Waals surface area contributed by atoms with Gasteiger partial charge in [-0.05, 0) is 35.7 Å². The molecule has 2 rings (SSSR count). The summed E-state index contributed by atoms with van der Waals surface area (Å²) in [6, 6.07) is 10.0. The molecule has 106 valence electrons. The van der Waals surface area contributed by atoms with Crippen molar-refractivity contribution in [1.82, 2.24) is 10.3 Å². The first-order valence-corrected chi connectivity index (χ1v) is 6.77. The van der Waals surface area contributed by atoms with Crippen molar-refractivity contribution < 1.29 is 9.50 Å². The molecule has 0 aliphatic carbocycles. The van der Waals surface area contributed by atoms with Gasteiger partial charge in [-0.25, -0.2) is 4.39 Å². The Labute approximate surface area is 118 Å². The molecule has 0 aliphatic heterocycles. The molecule has 0 saturated heterocycles. The quantitative estimate of drug-likeness (QED) is 0.851. The lowest BCUT2D eigenvalue weighted by molar-refractivity contribution is 0.173. The number of nitrogens with zero attached hydrogens (tertiary/aromatic N) is 1. The molecule has 1 aromatic carbocycles. The molecular weight excluding hydrogens is 255 g/mol. The summed E-state index contributed by atoms with van der Waals surface area (Å²) >= 11 is 0. The molecule has 20 heavy (non-hydrogen) atoms. The fourth-order valence-corrected chi connectivity index (χ4v) is 2.11. The summed E-state index contributed by atoms with van der Waals surface area (Å²) in [7, 11) is 0. The van der Waals surface area contributed by atoms with E-state index < -0.39 is 6.10 Å². The van der Waals surface area contributed by atoms with E-state index in [0.29, 0.717) is 18.7 Å². The van der Waals surface area contributed by atoms with E-state index in [2.05, 4.69) is 17.2 Å². The van der Waals surface area contributed by atoms with Crippen molar-refractivity contribution in [1.29, 1.82) is 0 Å². The van der Waals surface area contributed by atoms with Crippen LogP contribution in [0, 0.1) is 5.82 Å². The Morgan fingerprint density at radius 2 is 2.15 bits per heavy atom. The molecule has 0 fully saturated rings. The Hall–Kier alpha value is -1.78. The van der Waals surface area contributed by atoms with Crippen LogP contribution in [0.15, 0.2) is 42.6 Å². The van der Waals surface area contributed by atoms with Gasteiger partial charge in [0.1, 0.15) is 5.82 Å². The van der Waals surface area contributed by atoms with Gasteiger partial charge in [0.25, 0.3) is 0 Å². The lowest BCUT2D eigenvalue weighted by Crippen LogP contribution is -2.22. The minimum absolute atomic E-state index is 0.334. The summed E-state index contributed by atoms with van der Waals surface area (Å²) in [5, 5.41) is 13.2. The molecule has 0 amide bonds. The number of hydrogen-bond acceptors (Lipinski definition) is 3. The fourth-order valence-electron chi connectivity index (χ4n) is 2.11. The zero-order valence-corrected chi connectivity index (χ0v) is 11.5. The van der Waals surface area contributed by atoms with Crippen LogP contribution in [0.5, 0.6) is 0 Å². The Morgan fingerprint density at radius 3 is 2.90 bits per heavy atom. The standard InChI is InChI=1S/C16H19FN2O/c1-2-12-6-4-8-19-15(12)10-18-11-16(20)13-5-3-7-14(17)9-13/h3-9,16,18,20H,2,10-11H2,1H3. The van der Waals surface area contributed by atoms with Gasteiger partial charge in [0, 0.05) is 19.3 Å². The number of aryl methyl sites for hydroxylation is 1. The summed E-state index contributed by atoms with van der Waals surface area (Å²) in [6.07, 6.45) is 1.97. The summed E-state index contributed by atoms with van der Waals surface area (Å²) in [6.45, 7) is 3.04. The number of halogens is 1. The molecular formula is C16H19FN2O. The number of hydrogen-bond donors (Lipinski definition) is 2. The highest BCUT2D eigenvalue weighted by Gasteiger charge is 2.08. The van der Waals surface area contributed by atoms with E-state index in [1.807, 2.05) is 12.1 Å². The topological polar surface area (TPSA) is 45.2 Å². The van der Waals surface area contributed by atoms with Crippen molar-refractivity contribution in [2.24, 2.45) is 0 Å². The molecule has 4 heteroatoms. The Bertz CT molecular complexity index is 560. The SMILES string of the molecule is CCc1cccnc1CNCC(O)c1cccc(F)c1. The highest BCUT2D eigenvalue weighted by molar-refractivity contribution is 5.20. The Balaban J connectivity index is 1.89. The van der Waals surface area contributed by atoms with Crippen molar-refractivity contribution in [3.05, 3.63) is 65.2 Å². The van der Waals surface area contributed by atoms with Crippen LogP contribution in [-0.4, -0.2) is 16.6 Å². The average molecular weight is 274 g/mol. The van der Waals surface area contributed by atoms with Crippen LogP contribution in [0.2, 0.25) is 0 Å². The number of aromatic nitrogens is 1. The Morgan fingerprint density at radius 1 is 1.30 bits per heavy atom. The van der Waals surface area contributed by atoms with E-state index in [1.165, 1.54) is 17.7 Å². The van der Waals surface area contributed by atoms with Crippen LogP contribution in [-0.2, 0) is 13.0 Å². The van der Waals surface area contributed by atoms with E-state index in [0.717, 1.165) is 12.1 Å². The molecule has 1 aromatic heterocycles. The number of pyridine rings is 1. The number of benzene rings is 1. The van der Waals surface area contributed by atoms with Gasteiger partial charge in [-0.3, -0.25) is 4.98 Å². The third kappa shape index (κ3) is 3.85. The third-order valence-corrected chi connectivity index (χ3v) is 3.23. The summed E-state index contributed by atoms with van der Waals surface area (Å²) < 4.78 is 13.1. The Kier molecular flexibility index (Phi) is 5.21. The maximum absolute atomic E-state index is 13.1. The van der Waals surface area contributed by atoms with Crippen molar-refractivity contribution >= 4 is 0 Å². The molecule has 1 atom stereocenters. The molecule has 1 heterocycles. The molecule has 0 aliphatic rings. The molecule has 1 unspecified atom stereocenters. The van der Waals surface area contributed by atoms with Crippen LogP contribution in [0.3, 0.4) is 0 Å². The molecule has 2 aromatic rings. The second-order valence-corrected chi connectivity index (χ2v) is 4.66. The van der Waals surface area contributed by atoms with E-state index >= 15 is 0 Å². The van der Waals surface area contributed by atoms with Gasteiger partial charge < -0.3 is 10.4 Å². The lowest BCUT2D eigenvalue weighted by atomic mass is 10.1. The predicted octanol–water partition coefficient (Wildman–Crippen LogP) is 2.61. The average Bonchev–Trinajstić information content (AvgIpc) is 2.47. The first kappa shape index (κ1) is 14.6. The normalized spacial score (nSPS) is 12.3. The molecule has 0 saturated carbocycles. The van der Waals surface area contributed by atoms with Crippen molar-refractivity contribution in [3.8, 4) is 0 Å². The van der Waals surface area contributed by atoms with Crippen LogP contribution in [0.25, 0.3) is 0 Å². The summed E-state index contributed by atoms with van der Waals surface area (Å²) in [4.78, 5) is 4.33. The second-order valence-electron chi connectivity index (χ2n) is 4.66. The zero-order valence-electron chi connectivity index (χ0n) is 11.5. The highest BCUT2D eigenvalue weighted by Crippen LogP contribution is 2.13. The fraction of sp³-hybridized carbons (Fsp3) is 0.312. The molecule has 0 bridgehead atoms. The molecule has 3 nitrogen and oxygen atoms in total. The smallest absolute Gasteiger partial charge is 0.123 e. The third-order valence-electron chi connectivity index (χ3n) is 3.23. The molecule has 0 radical (unpaired) electrons. The second kappa shape index (κ2) is 7.12. The van der Waals surface area contributed by atoms with Crippen molar-refractivity contribution in [3.63, 3.8) is 0 Å². The van der Waals surface area contributed by atoms with Crippen LogP contribution < -0.4 is 5.32 Å². The van der Waals surface area contributed by atoms with Gasteiger partial charge in [-0.2, -0.15) is 0 Å². The van der Waals surface area contributed by atoms with E-state index in [9.17, 15) is 9.50 Å². The largest absolute Gasteiger partial charge is 0.387 e. The monoisotopic (exact) mass is 274 g/mol. The van der Waals surface area contributed by atoms with Crippen molar-refractivity contribution in [2.75, 3.05) is 6.54 Å². The van der Waals surface area contributed by atoms with Crippen molar-refractivity contribution in [2.45, 2.75) is 26.0 Å². The number of rotatable bonds is 6. The number of aliphatic hydroxyl groups is 1. The molecule has 0 spiro atoms. The first-order chi connectivity index (χ1) is 9.70. The minimum atomic E-state index is -0.723. The first-order valence-electron chi connectivity index (χ1n) is 6.77.